The van der Waals surface area contributed by atoms with E-state index in [2.05, 4.69) is 34.5 Å². The predicted molar refractivity (Wildman–Crippen MR) is 83.6 cm³/mol. The Morgan fingerprint density at radius 2 is 1.75 bits per heavy atom. The van der Waals surface area contributed by atoms with E-state index < -0.39 is 0 Å². The number of nitrogens with one attached hydrogen (secondary N) is 1. The molecule has 1 N–H and O–H groups in total. The van der Waals surface area contributed by atoms with Gasteiger partial charge in [-0.25, -0.2) is 0 Å². The molecule has 1 aromatic heterocycles. The van der Waals surface area contributed by atoms with Gasteiger partial charge in [0.1, 0.15) is 5.76 Å². The van der Waals surface area contributed by atoms with E-state index in [1.165, 1.54) is 38.0 Å². The smallest absolute Gasteiger partial charge is 0.193 e. The zero-order valence-electron chi connectivity index (χ0n) is 11.4. The molecule has 1 saturated heterocycles. The zero-order chi connectivity index (χ0) is 13.8. The number of rotatable bonds is 4. The molecule has 3 nitrogen and oxygen atoms in total. The summed E-state index contributed by atoms with van der Waals surface area (Å²) < 4.78 is 5.32. The Morgan fingerprint density at radius 1 is 1.00 bits per heavy atom. The van der Waals surface area contributed by atoms with Crippen LogP contribution < -0.4 is 10.2 Å². The van der Waals surface area contributed by atoms with Gasteiger partial charge in [-0.15, -0.1) is 0 Å². The molecule has 0 aliphatic carbocycles. The van der Waals surface area contributed by atoms with Gasteiger partial charge in [-0.05, 0) is 67.3 Å². The minimum absolute atomic E-state index is 0.433. The van der Waals surface area contributed by atoms with Gasteiger partial charge in [0.25, 0.3) is 0 Å². The molecule has 0 saturated carbocycles. The van der Waals surface area contributed by atoms with Crippen LogP contribution in [0.3, 0.4) is 0 Å². The Labute approximate surface area is 124 Å². The van der Waals surface area contributed by atoms with Crippen molar-refractivity contribution in [3.63, 3.8) is 0 Å². The molecule has 4 heteroatoms. The molecule has 106 valence electrons. The number of furan rings is 1. The molecule has 0 spiro atoms. The van der Waals surface area contributed by atoms with Gasteiger partial charge in [-0.2, -0.15) is 0 Å². The van der Waals surface area contributed by atoms with Gasteiger partial charge in [-0.3, -0.25) is 0 Å². The SMILES string of the molecule is Clc1ccc(CNc2ccc(N3CCCCC3)cc2)o1. The van der Waals surface area contributed by atoms with Crippen molar-refractivity contribution in [2.75, 3.05) is 23.3 Å². The van der Waals surface area contributed by atoms with Crippen molar-refractivity contribution in [2.45, 2.75) is 25.8 Å². The fraction of sp³-hybridized carbons (Fsp3) is 0.375. The van der Waals surface area contributed by atoms with Gasteiger partial charge < -0.3 is 14.6 Å². The lowest BCUT2D eigenvalue weighted by Crippen LogP contribution is -2.29. The van der Waals surface area contributed by atoms with E-state index in [-0.39, 0.29) is 0 Å². The Balaban J connectivity index is 1.58. The van der Waals surface area contributed by atoms with Gasteiger partial charge in [0.2, 0.25) is 0 Å². The van der Waals surface area contributed by atoms with Crippen LogP contribution in [0.25, 0.3) is 0 Å². The van der Waals surface area contributed by atoms with Crippen LogP contribution in [0, 0.1) is 0 Å². The van der Waals surface area contributed by atoms with Gasteiger partial charge in [0.15, 0.2) is 5.22 Å². The normalized spacial score (nSPS) is 15.3. The first-order valence-electron chi connectivity index (χ1n) is 7.14. The highest BCUT2D eigenvalue weighted by molar-refractivity contribution is 6.28. The van der Waals surface area contributed by atoms with Crippen molar-refractivity contribution in [2.24, 2.45) is 0 Å². The highest BCUT2D eigenvalue weighted by Crippen LogP contribution is 2.22. The summed E-state index contributed by atoms with van der Waals surface area (Å²) in [4.78, 5) is 2.46. The predicted octanol–water partition coefficient (Wildman–Crippen LogP) is 4.54. The van der Waals surface area contributed by atoms with Crippen molar-refractivity contribution < 1.29 is 4.42 Å². The summed E-state index contributed by atoms with van der Waals surface area (Å²) in [6.07, 6.45) is 3.97. The second-order valence-electron chi connectivity index (χ2n) is 5.15. The monoisotopic (exact) mass is 290 g/mol. The molecular weight excluding hydrogens is 272 g/mol. The van der Waals surface area contributed by atoms with E-state index in [0.29, 0.717) is 11.8 Å². The van der Waals surface area contributed by atoms with Crippen LogP contribution in [-0.2, 0) is 6.54 Å². The van der Waals surface area contributed by atoms with Gasteiger partial charge in [-0.1, -0.05) is 0 Å². The average molecular weight is 291 g/mol. The number of hydrogen-bond donors (Lipinski definition) is 1. The third-order valence-electron chi connectivity index (χ3n) is 3.68. The molecule has 0 bridgehead atoms. The molecule has 0 atom stereocenters. The standard InChI is InChI=1S/C16H19ClN2O/c17-16-9-8-15(20-16)12-18-13-4-6-14(7-5-13)19-10-2-1-3-11-19/h4-9,18H,1-3,10-12H2. The van der Waals surface area contributed by atoms with Crippen molar-refractivity contribution in [1.82, 2.24) is 0 Å². The molecule has 2 heterocycles. The highest BCUT2D eigenvalue weighted by atomic mass is 35.5. The van der Waals surface area contributed by atoms with Crippen LogP contribution in [0.1, 0.15) is 25.0 Å². The van der Waals surface area contributed by atoms with Crippen molar-refractivity contribution in [3.8, 4) is 0 Å². The second-order valence-corrected chi connectivity index (χ2v) is 5.53. The van der Waals surface area contributed by atoms with E-state index in [1.54, 1.807) is 6.07 Å². The Bertz CT molecular complexity index is 544. The number of hydrogen-bond acceptors (Lipinski definition) is 3. The van der Waals surface area contributed by atoms with E-state index in [9.17, 15) is 0 Å². The maximum atomic E-state index is 5.75. The molecule has 20 heavy (non-hydrogen) atoms. The first kappa shape index (κ1) is 13.4. The highest BCUT2D eigenvalue weighted by Gasteiger charge is 2.10. The van der Waals surface area contributed by atoms with Crippen molar-refractivity contribution in [3.05, 3.63) is 47.4 Å². The summed E-state index contributed by atoms with van der Waals surface area (Å²) >= 11 is 5.75. The Hall–Kier alpha value is -1.61. The van der Waals surface area contributed by atoms with Crippen LogP contribution in [0.15, 0.2) is 40.8 Å². The van der Waals surface area contributed by atoms with Crippen LogP contribution in [0.2, 0.25) is 5.22 Å². The maximum Gasteiger partial charge on any atom is 0.193 e. The molecule has 2 aromatic rings. The molecule has 0 unspecified atom stereocenters. The molecule has 1 fully saturated rings. The van der Waals surface area contributed by atoms with E-state index in [0.717, 1.165) is 11.4 Å². The molecule has 1 aromatic carbocycles. The number of halogens is 1. The molecule has 0 amide bonds. The van der Waals surface area contributed by atoms with Crippen LogP contribution in [0.5, 0.6) is 0 Å². The fourth-order valence-corrected chi connectivity index (χ4v) is 2.74. The average Bonchev–Trinajstić information content (AvgIpc) is 2.92. The summed E-state index contributed by atoms with van der Waals surface area (Å²) in [7, 11) is 0. The lowest BCUT2D eigenvalue weighted by Gasteiger charge is -2.28. The van der Waals surface area contributed by atoms with Crippen LogP contribution >= 0.6 is 11.6 Å². The summed E-state index contributed by atoms with van der Waals surface area (Å²) in [6.45, 7) is 3.01. The minimum Gasteiger partial charge on any atom is -0.448 e. The van der Waals surface area contributed by atoms with E-state index in [1.807, 2.05) is 6.07 Å². The number of anilines is 2. The summed E-state index contributed by atoms with van der Waals surface area (Å²) in [5.41, 5.74) is 2.41. The largest absolute Gasteiger partial charge is 0.448 e. The van der Waals surface area contributed by atoms with Crippen molar-refractivity contribution >= 4 is 23.0 Å². The van der Waals surface area contributed by atoms with E-state index in [4.69, 9.17) is 16.0 Å². The number of benzene rings is 1. The maximum absolute atomic E-state index is 5.75. The first-order chi connectivity index (χ1) is 9.81. The van der Waals surface area contributed by atoms with Crippen LogP contribution in [-0.4, -0.2) is 13.1 Å². The Kier molecular flexibility index (Phi) is 4.16. The third-order valence-corrected chi connectivity index (χ3v) is 3.89. The molecule has 3 rings (SSSR count). The van der Waals surface area contributed by atoms with Gasteiger partial charge >= 0.3 is 0 Å². The van der Waals surface area contributed by atoms with Gasteiger partial charge in [0, 0.05) is 24.5 Å². The quantitative estimate of drug-likeness (QED) is 0.896. The number of piperidine rings is 1. The van der Waals surface area contributed by atoms with E-state index >= 15 is 0 Å². The summed E-state index contributed by atoms with van der Waals surface area (Å²) in [5.74, 6) is 0.843. The molecule has 1 aliphatic heterocycles. The molecule has 1 aliphatic rings. The molecule has 0 radical (unpaired) electrons. The minimum atomic E-state index is 0.433. The summed E-state index contributed by atoms with van der Waals surface area (Å²) in [6, 6.07) is 12.3. The van der Waals surface area contributed by atoms with Gasteiger partial charge in [0.05, 0.1) is 6.54 Å². The number of nitrogens with zero attached hydrogens (tertiary/aromatic N) is 1. The molecular formula is C16H19ClN2O. The Morgan fingerprint density at radius 3 is 2.40 bits per heavy atom. The summed E-state index contributed by atoms with van der Waals surface area (Å²) in [5, 5.41) is 3.77. The third kappa shape index (κ3) is 3.28. The first-order valence-corrected chi connectivity index (χ1v) is 7.52. The fourth-order valence-electron chi connectivity index (χ4n) is 2.58. The lowest BCUT2D eigenvalue weighted by molar-refractivity contribution is 0.520. The second kappa shape index (κ2) is 6.23. The zero-order valence-corrected chi connectivity index (χ0v) is 12.2. The topological polar surface area (TPSA) is 28.4 Å². The lowest BCUT2D eigenvalue weighted by atomic mass is 10.1. The van der Waals surface area contributed by atoms with Crippen molar-refractivity contribution in [1.29, 1.82) is 0 Å². The van der Waals surface area contributed by atoms with Crippen LogP contribution in [0.4, 0.5) is 11.4 Å².